The molecule has 1 atom stereocenters. The normalized spacial score (nSPS) is 15.5. The third kappa shape index (κ3) is 4.15. The summed E-state index contributed by atoms with van der Waals surface area (Å²) in [4.78, 5) is 0. The summed E-state index contributed by atoms with van der Waals surface area (Å²) in [5, 5.41) is 0. The van der Waals surface area contributed by atoms with Crippen LogP contribution in [0.3, 0.4) is 0 Å². The summed E-state index contributed by atoms with van der Waals surface area (Å²) in [6.45, 7) is 12.2. The molecule has 16 heavy (non-hydrogen) atoms. The summed E-state index contributed by atoms with van der Waals surface area (Å²) in [6.07, 6.45) is 3.74. The van der Waals surface area contributed by atoms with E-state index in [4.69, 9.17) is 0 Å². The van der Waals surface area contributed by atoms with E-state index in [1.807, 2.05) is 27.7 Å². The maximum atomic E-state index is 11.5. The van der Waals surface area contributed by atoms with Crippen LogP contribution in [0.4, 0.5) is 0 Å². The summed E-state index contributed by atoms with van der Waals surface area (Å²) < 4.78 is 24.6. The molecule has 0 fully saturated rings. The van der Waals surface area contributed by atoms with Gasteiger partial charge in [-0.25, -0.2) is 4.31 Å². The zero-order chi connectivity index (χ0) is 13.0. The van der Waals surface area contributed by atoms with Gasteiger partial charge in [-0.15, -0.1) is 0 Å². The van der Waals surface area contributed by atoms with Crippen LogP contribution in [0.15, 0.2) is 0 Å². The van der Waals surface area contributed by atoms with Gasteiger partial charge in [0, 0.05) is 22.3 Å². The number of rotatable bonds is 7. The molecule has 0 heterocycles. The molecule has 0 N–H and O–H groups in total. The molecule has 0 amide bonds. The molecule has 0 rings (SSSR count). The Labute approximate surface area is 103 Å². The largest absolute Gasteiger partial charge is 0.760 e. The smallest absolute Gasteiger partial charge is 0.0275 e. The second-order valence-electron chi connectivity index (χ2n) is 5.64. The first-order chi connectivity index (χ1) is 7.19. The van der Waals surface area contributed by atoms with Gasteiger partial charge in [0.25, 0.3) is 0 Å². The Balaban J connectivity index is 5.07. The molecule has 98 valence electrons. The third-order valence-electron chi connectivity index (χ3n) is 2.97. The second kappa shape index (κ2) is 6.12. The molecule has 0 saturated heterocycles. The third-order valence-corrected chi connectivity index (χ3v) is 4.26. The van der Waals surface area contributed by atoms with E-state index in [0.29, 0.717) is 0 Å². The van der Waals surface area contributed by atoms with Crippen LogP contribution in [-0.4, -0.2) is 24.1 Å². The molecule has 0 aliphatic heterocycles. The molecule has 0 aromatic rings. The average Bonchev–Trinajstić information content (AvgIpc) is 1.99. The monoisotopic (exact) mass is 248 g/mol. The lowest BCUT2D eigenvalue weighted by molar-refractivity contribution is 0.0925. The van der Waals surface area contributed by atoms with E-state index >= 15 is 0 Å². The Bertz CT molecular complexity index is 221. The number of hydrogen-bond acceptors (Lipinski definition) is 2. The summed E-state index contributed by atoms with van der Waals surface area (Å²) in [5.41, 5.74) is -0.611. The van der Waals surface area contributed by atoms with E-state index in [-0.39, 0.29) is 11.1 Å². The maximum absolute atomic E-state index is 11.5. The minimum absolute atomic E-state index is 0.306. The maximum Gasteiger partial charge on any atom is 0.0275 e. The van der Waals surface area contributed by atoms with Crippen molar-refractivity contribution in [2.75, 3.05) is 0 Å². The van der Waals surface area contributed by atoms with Crippen LogP contribution in [0.25, 0.3) is 0 Å². The summed E-state index contributed by atoms with van der Waals surface area (Å²) in [6, 6.07) is 0. The molecule has 0 radical (unpaired) electrons. The van der Waals surface area contributed by atoms with Crippen LogP contribution in [-0.2, 0) is 11.3 Å². The van der Waals surface area contributed by atoms with Crippen molar-refractivity contribution in [1.29, 1.82) is 0 Å². The van der Waals surface area contributed by atoms with Gasteiger partial charge in [0.2, 0.25) is 0 Å². The van der Waals surface area contributed by atoms with E-state index in [2.05, 4.69) is 13.8 Å². The molecule has 0 aliphatic rings. The van der Waals surface area contributed by atoms with Crippen LogP contribution >= 0.6 is 0 Å². The molecule has 0 bridgehead atoms. The van der Waals surface area contributed by atoms with E-state index in [9.17, 15) is 8.76 Å². The van der Waals surface area contributed by atoms with Gasteiger partial charge >= 0.3 is 0 Å². The summed E-state index contributed by atoms with van der Waals surface area (Å²) >= 11 is -2.16. The predicted octanol–water partition coefficient (Wildman–Crippen LogP) is 3.24. The van der Waals surface area contributed by atoms with Crippen molar-refractivity contribution in [2.45, 2.75) is 78.3 Å². The molecular formula is C12H26NO2S-. The van der Waals surface area contributed by atoms with Gasteiger partial charge in [0.15, 0.2) is 0 Å². The van der Waals surface area contributed by atoms with Crippen LogP contribution in [0.1, 0.15) is 67.2 Å². The zero-order valence-corrected chi connectivity index (χ0v) is 12.3. The molecule has 4 heteroatoms. The number of hydrogen-bond donors (Lipinski definition) is 0. The van der Waals surface area contributed by atoms with E-state index in [0.717, 1.165) is 25.7 Å². The molecule has 3 nitrogen and oxygen atoms in total. The quantitative estimate of drug-likeness (QED) is 0.649. The molecule has 0 spiro atoms. The highest BCUT2D eigenvalue weighted by Gasteiger charge is 2.37. The van der Waals surface area contributed by atoms with E-state index in [1.165, 1.54) is 0 Å². The Hall–Kier alpha value is 0.0700. The lowest BCUT2D eigenvalue weighted by atomic mass is 9.90. The van der Waals surface area contributed by atoms with E-state index in [1.54, 1.807) is 4.31 Å². The van der Waals surface area contributed by atoms with Gasteiger partial charge in [0.05, 0.1) is 0 Å². The van der Waals surface area contributed by atoms with Crippen molar-refractivity contribution in [2.24, 2.45) is 0 Å². The van der Waals surface area contributed by atoms with Crippen molar-refractivity contribution >= 4 is 11.3 Å². The molecule has 0 saturated carbocycles. The lowest BCUT2D eigenvalue weighted by Crippen LogP contribution is -2.56. The van der Waals surface area contributed by atoms with Gasteiger partial charge in [-0.2, -0.15) is 0 Å². The standard InChI is InChI=1S/C12H27NO2S/c1-7-9-11(3,4)13(16(14)15)12(5,6)10-8-2/h7-10H2,1-6H3,(H,14,15)/p-1. The minimum atomic E-state index is -2.16. The summed E-state index contributed by atoms with van der Waals surface area (Å²) in [7, 11) is 0. The zero-order valence-electron chi connectivity index (χ0n) is 11.5. The predicted molar refractivity (Wildman–Crippen MR) is 68.7 cm³/mol. The van der Waals surface area contributed by atoms with Gasteiger partial charge < -0.3 is 4.55 Å². The Morgan fingerprint density at radius 2 is 1.31 bits per heavy atom. The Kier molecular flexibility index (Phi) is 6.15. The van der Waals surface area contributed by atoms with Crippen molar-refractivity contribution in [3.05, 3.63) is 0 Å². The molecule has 0 aromatic heterocycles. The van der Waals surface area contributed by atoms with Gasteiger partial charge in [-0.05, 0) is 40.5 Å². The second-order valence-corrected chi connectivity index (χ2v) is 6.44. The average molecular weight is 248 g/mol. The first-order valence-electron chi connectivity index (χ1n) is 6.08. The lowest BCUT2D eigenvalue weighted by Gasteiger charge is -2.49. The van der Waals surface area contributed by atoms with E-state index < -0.39 is 11.3 Å². The van der Waals surface area contributed by atoms with Gasteiger partial charge in [-0.3, -0.25) is 4.21 Å². The fourth-order valence-electron chi connectivity index (χ4n) is 2.65. The SMILES string of the molecule is CCCC(C)(C)N(S(=O)[O-])C(C)(C)CCC. The number of nitrogens with zero attached hydrogens (tertiary/aromatic N) is 1. The van der Waals surface area contributed by atoms with Crippen molar-refractivity contribution in [3.8, 4) is 0 Å². The van der Waals surface area contributed by atoms with Gasteiger partial charge in [-0.1, -0.05) is 26.7 Å². The van der Waals surface area contributed by atoms with Crippen molar-refractivity contribution in [3.63, 3.8) is 0 Å². The summed E-state index contributed by atoms with van der Waals surface area (Å²) in [5.74, 6) is 0. The fourth-order valence-corrected chi connectivity index (χ4v) is 3.64. The first kappa shape index (κ1) is 16.1. The molecule has 1 unspecified atom stereocenters. The van der Waals surface area contributed by atoms with Crippen LogP contribution in [0.2, 0.25) is 0 Å². The molecule has 0 aromatic carbocycles. The molecular weight excluding hydrogens is 222 g/mol. The van der Waals surface area contributed by atoms with Crippen molar-refractivity contribution < 1.29 is 8.76 Å². The van der Waals surface area contributed by atoms with Crippen LogP contribution in [0.5, 0.6) is 0 Å². The highest BCUT2D eigenvalue weighted by molar-refractivity contribution is 7.76. The fraction of sp³-hybridized carbons (Fsp3) is 1.00. The van der Waals surface area contributed by atoms with Gasteiger partial charge in [0.1, 0.15) is 0 Å². The minimum Gasteiger partial charge on any atom is -0.760 e. The van der Waals surface area contributed by atoms with Crippen molar-refractivity contribution in [1.82, 2.24) is 4.31 Å². The highest BCUT2D eigenvalue weighted by Crippen LogP contribution is 2.32. The topological polar surface area (TPSA) is 43.4 Å². The first-order valence-corrected chi connectivity index (χ1v) is 7.12. The highest BCUT2D eigenvalue weighted by atomic mass is 32.2. The van der Waals surface area contributed by atoms with Crippen LogP contribution in [0, 0.1) is 0 Å². The Morgan fingerprint density at radius 3 is 1.50 bits per heavy atom. The van der Waals surface area contributed by atoms with Crippen LogP contribution < -0.4 is 0 Å². The molecule has 0 aliphatic carbocycles. The Morgan fingerprint density at radius 1 is 1.00 bits per heavy atom.